The third kappa shape index (κ3) is 3.14. The van der Waals surface area contributed by atoms with E-state index >= 15 is 0 Å². The van der Waals surface area contributed by atoms with Crippen LogP contribution in [0.15, 0.2) is 32.9 Å². The van der Waals surface area contributed by atoms with Crippen molar-refractivity contribution in [2.45, 2.75) is 19.9 Å². The normalized spacial score (nSPS) is 11.8. The Hall–Kier alpha value is -2.94. The van der Waals surface area contributed by atoms with Crippen molar-refractivity contribution in [2.24, 2.45) is 19.2 Å². The largest absolute Gasteiger partial charge is 0.332 e. The van der Waals surface area contributed by atoms with Crippen LogP contribution < -0.4 is 16.7 Å². The molecule has 1 aromatic carbocycles. The second-order valence-corrected chi connectivity index (χ2v) is 6.69. The summed E-state index contributed by atoms with van der Waals surface area (Å²) in [6.45, 7) is 3.74. The second-order valence-electron chi connectivity index (χ2n) is 6.28. The average Bonchev–Trinajstić information content (AvgIpc) is 3.00. The predicted molar refractivity (Wildman–Crippen MR) is 103 cm³/mol. The van der Waals surface area contributed by atoms with Gasteiger partial charge in [0.15, 0.2) is 11.2 Å². The fraction of sp³-hybridized carbons (Fsp3) is 0.294. The first kappa shape index (κ1) is 18.8. The summed E-state index contributed by atoms with van der Waals surface area (Å²) in [5, 5.41) is 4.21. The van der Waals surface area contributed by atoms with Gasteiger partial charge in [-0.1, -0.05) is 17.7 Å². The highest BCUT2D eigenvalue weighted by Crippen LogP contribution is 2.21. The molecule has 0 saturated carbocycles. The van der Waals surface area contributed by atoms with Gasteiger partial charge in [0, 0.05) is 25.7 Å². The van der Waals surface area contributed by atoms with E-state index in [2.05, 4.69) is 15.5 Å². The van der Waals surface area contributed by atoms with Gasteiger partial charge in [-0.05, 0) is 26.0 Å². The number of aryl methyl sites for hydroxylation is 1. The summed E-state index contributed by atoms with van der Waals surface area (Å²) in [4.78, 5) is 29.1. The fourth-order valence-electron chi connectivity index (χ4n) is 2.78. The maximum Gasteiger partial charge on any atom is 0.332 e. The van der Waals surface area contributed by atoms with E-state index in [9.17, 15) is 14.0 Å². The Bertz CT molecular complexity index is 1150. The molecule has 0 atom stereocenters. The highest BCUT2D eigenvalue weighted by atomic mass is 35.5. The van der Waals surface area contributed by atoms with Gasteiger partial charge >= 0.3 is 5.69 Å². The predicted octanol–water partition coefficient (Wildman–Crippen LogP) is 2.25. The molecule has 0 aliphatic heterocycles. The molecular formula is C17H18ClFN6O2. The number of hydrogen-bond acceptors (Lipinski definition) is 5. The number of benzene rings is 1. The lowest BCUT2D eigenvalue weighted by Gasteiger charge is -2.12. The topological polar surface area (TPSA) is 86.2 Å². The van der Waals surface area contributed by atoms with Gasteiger partial charge in [0.1, 0.15) is 5.82 Å². The number of rotatable bonds is 4. The Labute approximate surface area is 158 Å². The molecule has 10 heteroatoms. The van der Waals surface area contributed by atoms with Crippen molar-refractivity contribution < 1.29 is 4.39 Å². The first-order valence-corrected chi connectivity index (χ1v) is 8.52. The number of fused-ring (bicyclic) bond motifs is 1. The number of aromatic nitrogens is 4. The van der Waals surface area contributed by atoms with Crippen molar-refractivity contribution in [1.82, 2.24) is 18.7 Å². The minimum Gasteiger partial charge on any atom is -0.300 e. The van der Waals surface area contributed by atoms with Gasteiger partial charge in [0.2, 0.25) is 5.95 Å². The molecule has 2 aromatic heterocycles. The number of nitrogens with one attached hydrogen (secondary N) is 1. The van der Waals surface area contributed by atoms with E-state index in [4.69, 9.17) is 11.6 Å². The zero-order valence-electron chi connectivity index (χ0n) is 15.2. The van der Waals surface area contributed by atoms with E-state index in [1.54, 1.807) is 10.6 Å². The Balaban J connectivity index is 2.13. The third-order valence-electron chi connectivity index (χ3n) is 4.17. The van der Waals surface area contributed by atoms with Crippen LogP contribution >= 0.6 is 11.6 Å². The monoisotopic (exact) mass is 392 g/mol. The van der Waals surface area contributed by atoms with Crippen LogP contribution in [0.1, 0.15) is 25.5 Å². The Morgan fingerprint density at radius 3 is 2.59 bits per heavy atom. The molecule has 0 radical (unpaired) electrons. The smallest absolute Gasteiger partial charge is 0.300 e. The van der Waals surface area contributed by atoms with Crippen LogP contribution in [0.2, 0.25) is 5.02 Å². The van der Waals surface area contributed by atoms with Gasteiger partial charge in [-0.2, -0.15) is 10.1 Å². The maximum absolute atomic E-state index is 13.8. The summed E-state index contributed by atoms with van der Waals surface area (Å²) < 4.78 is 17.8. The maximum atomic E-state index is 13.8. The lowest BCUT2D eigenvalue weighted by molar-refractivity contribution is 0.615. The van der Waals surface area contributed by atoms with Crippen molar-refractivity contribution in [3.63, 3.8) is 0 Å². The van der Waals surface area contributed by atoms with Crippen molar-refractivity contribution in [3.05, 3.63) is 55.4 Å². The molecule has 3 rings (SSSR count). The lowest BCUT2D eigenvalue weighted by atomic mass is 10.2. The van der Waals surface area contributed by atoms with E-state index in [1.165, 1.54) is 37.0 Å². The molecule has 27 heavy (non-hydrogen) atoms. The third-order valence-corrected chi connectivity index (χ3v) is 4.50. The minimum atomic E-state index is -0.512. The van der Waals surface area contributed by atoms with Crippen molar-refractivity contribution in [2.75, 3.05) is 5.43 Å². The summed E-state index contributed by atoms with van der Waals surface area (Å²) in [5.74, 6) is -0.260. The summed E-state index contributed by atoms with van der Waals surface area (Å²) in [7, 11) is 2.95. The van der Waals surface area contributed by atoms with Crippen LogP contribution in [0.25, 0.3) is 11.2 Å². The molecule has 1 N–H and O–H groups in total. The molecule has 3 aromatic rings. The van der Waals surface area contributed by atoms with E-state index in [1.807, 2.05) is 13.8 Å². The van der Waals surface area contributed by atoms with Crippen molar-refractivity contribution in [3.8, 4) is 0 Å². The molecule has 8 nitrogen and oxygen atoms in total. The van der Waals surface area contributed by atoms with Crippen LogP contribution in [0, 0.1) is 5.82 Å². The number of hydrazone groups is 1. The van der Waals surface area contributed by atoms with Gasteiger partial charge in [-0.15, -0.1) is 0 Å². The van der Waals surface area contributed by atoms with Gasteiger partial charge in [0.25, 0.3) is 5.56 Å². The first-order chi connectivity index (χ1) is 12.7. The summed E-state index contributed by atoms with van der Waals surface area (Å²) in [6, 6.07) is 4.18. The van der Waals surface area contributed by atoms with E-state index in [0.29, 0.717) is 0 Å². The second kappa shape index (κ2) is 6.99. The van der Waals surface area contributed by atoms with Gasteiger partial charge in [-0.3, -0.25) is 13.9 Å². The molecule has 2 heterocycles. The SMILES string of the molecule is CC(C)n1c(N/N=C/c2c(F)cccc2Cl)nc2c1c(=O)n(C)c(=O)n2C. The highest BCUT2D eigenvalue weighted by molar-refractivity contribution is 6.33. The molecule has 0 unspecified atom stereocenters. The lowest BCUT2D eigenvalue weighted by Crippen LogP contribution is -2.37. The minimum absolute atomic E-state index is 0.127. The molecule has 0 spiro atoms. The van der Waals surface area contributed by atoms with Crippen molar-refractivity contribution >= 4 is 34.9 Å². The Kier molecular flexibility index (Phi) is 4.88. The number of hydrogen-bond donors (Lipinski definition) is 1. The van der Waals surface area contributed by atoms with Gasteiger partial charge in [-0.25, -0.2) is 14.6 Å². The van der Waals surface area contributed by atoms with E-state index in [-0.39, 0.29) is 33.7 Å². The molecule has 0 saturated heterocycles. The van der Waals surface area contributed by atoms with Crippen LogP contribution in [-0.4, -0.2) is 24.9 Å². The summed E-state index contributed by atoms with van der Waals surface area (Å²) >= 11 is 5.97. The molecule has 0 amide bonds. The number of anilines is 1. The molecule has 0 fully saturated rings. The molecular weight excluding hydrogens is 375 g/mol. The fourth-order valence-corrected chi connectivity index (χ4v) is 3.00. The van der Waals surface area contributed by atoms with Crippen molar-refractivity contribution in [1.29, 1.82) is 0 Å². The molecule has 0 aliphatic carbocycles. The highest BCUT2D eigenvalue weighted by Gasteiger charge is 2.20. The zero-order chi connectivity index (χ0) is 19.9. The zero-order valence-corrected chi connectivity index (χ0v) is 16.0. The average molecular weight is 393 g/mol. The standard InChI is InChI=1S/C17H18ClFN6O2/c1-9(2)25-13-14(23(3)17(27)24(4)15(13)26)21-16(25)22-20-8-10-11(18)6-5-7-12(10)19/h5-9H,1-4H3,(H,21,22)/b20-8+. The summed E-state index contributed by atoms with van der Waals surface area (Å²) in [5.41, 5.74) is 2.42. The number of imidazole rings is 1. The number of halogens is 2. The Morgan fingerprint density at radius 2 is 1.96 bits per heavy atom. The van der Waals surface area contributed by atoms with Crippen LogP contribution in [0.5, 0.6) is 0 Å². The molecule has 0 aliphatic rings. The summed E-state index contributed by atoms with van der Waals surface area (Å²) in [6.07, 6.45) is 1.23. The Morgan fingerprint density at radius 1 is 1.26 bits per heavy atom. The van der Waals surface area contributed by atoms with Crippen LogP contribution in [0.4, 0.5) is 10.3 Å². The van der Waals surface area contributed by atoms with Gasteiger partial charge < -0.3 is 4.57 Å². The quantitative estimate of drug-likeness (QED) is 0.545. The van der Waals surface area contributed by atoms with Crippen LogP contribution in [-0.2, 0) is 14.1 Å². The molecule has 0 bridgehead atoms. The van der Waals surface area contributed by atoms with E-state index < -0.39 is 17.1 Å². The number of nitrogens with zero attached hydrogens (tertiary/aromatic N) is 5. The molecule has 142 valence electrons. The van der Waals surface area contributed by atoms with E-state index in [0.717, 1.165) is 4.57 Å². The first-order valence-electron chi connectivity index (χ1n) is 8.15. The van der Waals surface area contributed by atoms with Crippen LogP contribution in [0.3, 0.4) is 0 Å². The van der Waals surface area contributed by atoms with Gasteiger partial charge in [0.05, 0.1) is 11.2 Å².